The fourth-order valence-electron chi connectivity index (χ4n) is 3.52. The van der Waals surface area contributed by atoms with Crippen molar-refractivity contribution < 1.29 is 13.2 Å². The normalized spacial score (nSPS) is 11.3. The van der Waals surface area contributed by atoms with E-state index in [1.165, 1.54) is 0 Å². The zero-order valence-electron chi connectivity index (χ0n) is 17.9. The third-order valence-electron chi connectivity index (χ3n) is 5.39. The Morgan fingerprint density at radius 1 is 0.844 bits per heavy atom. The Kier molecular flexibility index (Phi) is 5.97. The van der Waals surface area contributed by atoms with Gasteiger partial charge < -0.3 is 5.32 Å². The minimum atomic E-state index is -3.76. The molecule has 0 fully saturated rings. The first kappa shape index (κ1) is 21.6. The molecular weight excluding hydrogens is 420 g/mol. The molecule has 4 aromatic carbocycles. The molecule has 0 atom stereocenters. The number of rotatable bonds is 6. The molecule has 4 rings (SSSR count). The Bertz CT molecular complexity index is 1390. The first-order valence-electron chi connectivity index (χ1n) is 10.3. The number of aryl methyl sites for hydroxylation is 2. The van der Waals surface area contributed by atoms with Crippen molar-refractivity contribution in [1.29, 1.82) is 0 Å². The maximum Gasteiger partial charge on any atom is 0.261 e. The van der Waals surface area contributed by atoms with Crippen LogP contribution in [-0.2, 0) is 16.6 Å². The molecule has 1 amide bonds. The molecule has 0 heterocycles. The van der Waals surface area contributed by atoms with Crippen LogP contribution in [0.25, 0.3) is 10.8 Å². The number of fused-ring (bicyclic) bond motifs is 1. The number of benzene rings is 4. The van der Waals surface area contributed by atoms with Gasteiger partial charge in [0, 0.05) is 12.1 Å². The van der Waals surface area contributed by atoms with E-state index in [9.17, 15) is 13.2 Å². The monoisotopic (exact) mass is 444 g/mol. The van der Waals surface area contributed by atoms with Gasteiger partial charge in [-0.2, -0.15) is 0 Å². The van der Waals surface area contributed by atoms with Crippen LogP contribution < -0.4 is 10.0 Å². The average Bonchev–Trinajstić information content (AvgIpc) is 2.79. The Balaban J connectivity index is 1.53. The summed E-state index contributed by atoms with van der Waals surface area (Å²) >= 11 is 0. The van der Waals surface area contributed by atoms with Crippen LogP contribution in [0.3, 0.4) is 0 Å². The van der Waals surface area contributed by atoms with Crippen LogP contribution >= 0.6 is 0 Å². The van der Waals surface area contributed by atoms with E-state index in [1.807, 2.05) is 49.4 Å². The van der Waals surface area contributed by atoms with Crippen molar-refractivity contribution in [2.24, 2.45) is 0 Å². The van der Waals surface area contributed by atoms with Gasteiger partial charge in [0.25, 0.3) is 15.9 Å². The molecule has 0 spiro atoms. The number of carbonyl (C=O) groups is 1. The Morgan fingerprint density at radius 3 is 2.34 bits per heavy atom. The molecule has 0 unspecified atom stereocenters. The van der Waals surface area contributed by atoms with Crippen LogP contribution in [0.15, 0.2) is 89.8 Å². The Hall–Kier alpha value is -3.64. The van der Waals surface area contributed by atoms with Gasteiger partial charge in [-0.25, -0.2) is 8.42 Å². The average molecular weight is 445 g/mol. The number of sulfonamides is 1. The molecule has 2 N–H and O–H groups in total. The largest absolute Gasteiger partial charge is 0.348 e. The minimum Gasteiger partial charge on any atom is -0.348 e. The Morgan fingerprint density at radius 2 is 1.56 bits per heavy atom. The fraction of sp³-hybridized carbons (Fsp3) is 0.115. The number of anilines is 1. The van der Waals surface area contributed by atoms with Crippen LogP contribution in [0.2, 0.25) is 0 Å². The lowest BCUT2D eigenvalue weighted by molar-refractivity contribution is 0.0951. The highest BCUT2D eigenvalue weighted by atomic mass is 32.2. The number of amides is 1. The summed E-state index contributed by atoms with van der Waals surface area (Å²) in [5.74, 6) is -0.270. The summed E-state index contributed by atoms with van der Waals surface area (Å²) in [5, 5.41) is 5.14. The van der Waals surface area contributed by atoms with Crippen molar-refractivity contribution in [2.75, 3.05) is 4.72 Å². The number of hydrogen-bond donors (Lipinski definition) is 2. The molecule has 4 aromatic rings. The van der Waals surface area contributed by atoms with E-state index in [0.717, 1.165) is 27.5 Å². The molecule has 162 valence electrons. The van der Waals surface area contributed by atoms with Gasteiger partial charge in [-0.3, -0.25) is 9.52 Å². The van der Waals surface area contributed by atoms with Gasteiger partial charge in [0.15, 0.2) is 0 Å². The van der Waals surface area contributed by atoms with Crippen molar-refractivity contribution in [2.45, 2.75) is 25.3 Å². The van der Waals surface area contributed by atoms with Gasteiger partial charge in [-0.05, 0) is 60.0 Å². The number of nitrogens with one attached hydrogen (secondary N) is 2. The zero-order valence-corrected chi connectivity index (χ0v) is 18.7. The van der Waals surface area contributed by atoms with Crippen molar-refractivity contribution in [3.8, 4) is 0 Å². The first-order chi connectivity index (χ1) is 15.3. The van der Waals surface area contributed by atoms with E-state index >= 15 is 0 Å². The van der Waals surface area contributed by atoms with Gasteiger partial charge in [-0.1, -0.05) is 66.2 Å². The number of carbonyl (C=O) groups excluding carboxylic acids is 1. The third kappa shape index (κ3) is 4.65. The number of hydrogen-bond acceptors (Lipinski definition) is 3. The van der Waals surface area contributed by atoms with Crippen LogP contribution in [0.1, 0.15) is 27.0 Å². The second kappa shape index (κ2) is 8.85. The molecule has 0 aliphatic heterocycles. The van der Waals surface area contributed by atoms with E-state index in [-0.39, 0.29) is 10.8 Å². The summed E-state index contributed by atoms with van der Waals surface area (Å²) in [6.45, 7) is 4.07. The standard InChI is InChI=1S/C26H24N2O3S/c1-18-10-14-23(15-11-18)32(30,31)28-25-16-21(13-12-19(25)2)26(29)27-17-22-8-5-7-20-6-3-4-9-24(20)22/h3-16,28H,17H2,1-2H3,(H,27,29). The van der Waals surface area contributed by atoms with Crippen molar-refractivity contribution in [1.82, 2.24) is 5.32 Å². The predicted molar refractivity (Wildman–Crippen MR) is 128 cm³/mol. The van der Waals surface area contributed by atoms with E-state index in [2.05, 4.69) is 10.0 Å². The second-order valence-electron chi connectivity index (χ2n) is 7.77. The molecule has 32 heavy (non-hydrogen) atoms. The molecule has 0 saturated heterocycles. The summed E-state index contributed by atoms with van der Waals surface area (Å²) in [6.07, 6.45) is 0. The summed E-state index contributed by atoms with van der Waals surface area (Å²) in [7, 11) is -3.76. The molecule has 0 aromatic heterocycles. The third-order valence-corrected chi connectivity index (χ3v) is 6.78. The molecule has 0 bridgehead atoms. The summed E-state index contributed by atoms with van der Waals surface area (Å²) in [5.41, 5.74) is 3.49. The SMILES string of the molecule is Cc1ccc(S(=O)(=O)Nc2cc(C(=O)NCc3cccc4ccccc34)ccc2C)cc1. The highest BCUT2D eigenvalue weighted by Crippen LogP contribution is 2.22. The maximum atomic E-state index is 12.8. The lowest BCUT2D eigenvalue weighted by Gasteiger charge is -2.13. The quantitative estimate of drug-likeness (QED) is 0.430. The van der Waals surface area contributed by atoms with Gasteiger partial charge in [0.1, 0.15) is 0 Å². The molecule has 0 aliphatic carbocycles. The van der Waals surface area contributed by atoms with Gasteiger partial charge in [-0.15, -0.1) is 0 Å². The van der Waals surface area contributed by atoms with Crippen LogP contribution in [0.5, 0.6) is 0 Å². The van der Waals surface area contributed by atoms with Gasteiger partial charge in [0.2, 0.25) is 0 Å². The molecule has 0 aliphatic rings. The summed E-state index contributed by atoms with van der Waals surface area (Å²) < 4.78 is 28.1. The van der Waals surface area contributed by atoms with Crippen molar-refractivity contribution in [3.05, 3.63) is 107 Å². The zero-order chi connectivity index (χ0) is 22.7. The highest BCUT2D eigenvalue weighted by Gasteiger charge is 2.16. The molecule has 0 radical (unpaired) electrons. The lowest BCUT2D eigenvalue weighted by Crippen LogP contribution is -2.23. The van der Waals surface area contributed by atoms with Crippen LogP contribution in [0.4, 0.5) is 5.69 Å². The van der Waals surface area contributed by atoms with Crippen molar-refractivity contribution >= 4 is 32.4 Å². The summed E-state index contributed by atoms with van der Waals surface area (Å²) in [4.78, 5) is 13.0. The second-order valence-corrected chi connectivity index (χ2v) is 9.45. The Labute approximate surface area is 188 Å². The summed E-state index contributed by atoms with van der Waals surface area (Å²) in [6, 6.07) is 25.6. The van der Waals surface area contributed by atoms with Crippen molar-refractivity contribution in [3.63, 3.8) is 0 Å². The van der Waals surface area contributed by atoms with E-state index in [0.29, 0.717) is 17.8 Å². The first-order valence-corrected chi connectivity index (χ1v) is 11.8. The molecule has 5 nitrogen and oxygen atoms in total. The predicted octanol–water partition coefficient (Wildman–Crippen LogP) is 5.19. The van der Waals surface area contributed by atoms with Crippen LogP contribution in [0, 0.1) is 13.8 Å². The maximum absolute atomic E-state index is 12.8. The van der Waals surface area contributed by atoms with Crippen LogP contribution in [-0.4, -0.2) is 14.3 Å². The van der Waals surface area contributed by atoms with E-state index in [1.54, 1.807) is 49.4 Å². The lowest BCUT2D eigenvalue weighted by atomic mass is 10.0. The van der Waals surface area contributed by atoms with Gasteiger partial charge >= 0.3 is 0 Å². The smallest absolute Gasteiger partial charge is 0.261 e. The molecular formula is C26H24N2O3S. The molecule has 0 saturated carbocycles. The molecule has 6 heteroatoms. The van der Waals surface area contributed by atoms with E-state index < -0.39 is 10.0 Å². The minimum absolute atomic E-state index is 0.174. The highest BCUT2D eigenvalue weighted by molar-refractivity contribution is 7.92. The van der Waals surface area contributed by atoms with Gasteiger partial charge in [0.05, 0.1) is 10.6 Å². The van der Waals surface area contributed by atoms with E-state index in [4.69, 9.17) is 0 Å². The fourth-order valence-corrected chi connectivity index (χ4v) is 4.64. The topological polar surface area (TPSA) is 75.3 Å².